The number of nitrogens with zero attached hydrogens (tertiary/aromatic N) is 1. The molecule has 5 nitrogen and oxygen atoms in total. The molecule has 0 N–H and O–H groups in total. The minimum Gasteiger partial charge on any atom is -0.494 e. The first-order valence-electron chi connectivity index (χ1n) is 13.2. The Morgan fingerprint density at radius 2 is 1.60 bits per heavy atom. The summed E-state index contributed by atoms with van der Waals surface area (Å²) in [5.74, 6) is 4.32. The van der Waals surface area contributed by atoms with E-state index >= 15 is 0 Å². The van der Waals surface area contributed by atoms with Crippen molar-refractivity contribution in [3.05, 3.63) is 48.0 Å². The highest BCUT2D eigenvalue weighted by Gasteiger charge is 2.31. The van der Waals surface area contributed by atoms with E-state index in [9.17, 15) is 0 Å². The van der Waals surface area contributed by atoms with Crippen molar-refractivity contribution >= 4 is 12.4 Å². The van der Waals surface area contributed by atoms with E-state index in [1.54, 1.807) is 0 Å². The Hall–Kier alpha value is -2.11. The van der Waals surface area contributed by atoms with Gasteiger partial charge in [0.25, 0.3) is 0 Å². The number of halogens is 1. The van der Waals surface area contributed by atoms with Gasteiger partial charge in [-0.3, -0.25) is 0 Å². The van der Waals surface area contributed by atoms with Gasteiger partial charge in [-0.25, -0.2) is 0 Å². The second-order valence-electron chi connectivity index (χ2n) is 9.61. The van der Waals surface area contributed by atoms with Crippen LogP contribution < -0.4 is 18.9 Å². The Bertz CT molecular complexity index is 875. The van der Waals surface area contributed by atoms with E-state index in [2.05, 4.69) is 43.0 Å². The van der Waals surface area contributed by atoms with Crippen molar-refractivity contribution in [2.75, 3.05) is 39.6 Å². The summed E-state index contributed by atoms with van der Waals surface area (Å²) in [6.45, 7) is 9.69. The first-order chi connectivity index (χ1) is 16.8. The molecule has 0 unspecified atom stereocenters. The van der Waals surface area contributed by atoms with Gasteiger partial charge in [-0.2, -0.15) is 0 Å². The van der Waals surface area contributed by atoms with Gasteiger partial charge in [0.15, 0.2) is 11.5 Å². The van der Waals surface area contributed by atoms with Crippen LogP contribution in [-0.4, -0.2) is 44.5 Å². The van der Waals surface area contributed by atoms with E-state index in [4.69, 9.17) is 18.9 Å². The lowest BCUT2D eigenvalue weighted by molar-refractivity contribution is 0.109. The number of benzene rings is 2. The lowest BCUT2D eigenvalue weighted by atomic mass is 9.80. The number of unbranched alkanes of at least 4 members (excludes halogenated alkanes) is 4. The molecule has 2 heterocycles. The van der Waals surface area contributed by atoms with Crippen LogP contribution in [0.25, 0.3) is 0 Å². The second kappa shape index (κ2) is 14.4. The first-order valence-corrected chi connectivity index (χ1v) is 13.2. The van der Waals surface area contributed by atoms with Crippen LogP contribution in [0.15, 0.2) is 42.5 Å². The molecule has 194 valence electrons. The number of ether oxygens (including phenoxy) is 4. The normalized spacial score (nSPS) is 19.3. The van der Waals surface area contributed by atoms with Crippen molar-refractivity contribution in [2.24, 2.45) is 5.92 Å². The van der Waals surface area contributed by atoms with Crippen LogP contribution in [0.5, 0.6) is 23.0 Å². The molecular formula is C29H42ClNO4. The molecule has 1 saturated heterocycles. The highest BCUT2D eigenvalue weighted by Crippen LogP contribution is 2.37. The molecule has 0 spiro atoms. The molecule has 0 bridgehead atoms. The van der Waals surface area contributed by atoms with Crippen molar-refractivity contribution in [1.29, 1.82) is 0 Å². The third-order valence-corrected chi connectivity index (χ3v) is 7.03. The number of hydrogen-bond donors (Lipinski definition) is 0. The van der Waals surface area contributed by atoms with Crippen LogP contribution in [0.3, 0.4) is 0 Å². The third kappa shape index (κ3) is 7.94. The van der Waals surface area contributed by atoms with Gasteiger partial charge in [0, 0.05) is 18.5 Å². The topological polar surface area (TPSA) is 40.2 Å². The average Bonchev–Trinajstić information content (AvgIpc) is 3.34. The van der Waals surface area contributed by atoms with Crippen molar-refractivity contribution in [3.8, 4) is 23.0 Å². The van der Waals surface area contributed by atoms with Crippen LogP contribution in [0, 0.1) is 5.92 Å². The molecule has 0 aromatic heterocycles. The molecule has 0 aliphatic carbocycles. The minimum atomic E-state index is 0. The molecule has 0 saturated carbocycles. The zero-order valence-corrected chi connectivity index (χ0v) is 22.2. The predicted octanol–water partition coefficient (Wildman–Crippen LogP) is 7.08. The largest absolute Gasteiger partial charge is 0.494 e. The highest BCUT2D eigenvalue weighted by molar-refractivity contribution is 5.85. The van der Waals surface area contributed by atoms with Crippen LogP contribution in [0.1, 0.15) is 70.3 Å². The molecular weight excluding hydrogens is 462 g/mol. The fourth-order valence-corrected chi connectivity index (χ4v) is 5.03. The van der Waals surface area contributed by atoms with E-state index < -0.39 is 0 Å². The predicted molar refractivity (Wildman–Crippen MR) is 144 cm³/mol. The smallest absolute Gasteiger partial charge is 0.231 e. The monoisotopic (exact) mass is 503 g/mol. The quantitative estimate of drug-likeness (QED) is 0.273. The fraction of sp³-hybridized carbons (Fsp3) is 0.586. The molecule has 1 fully saturated rings. The van der Waals surface area contributed by atoms with Gasteiger partial charge in [-0.15, -0.1) is 12.4 Å². The number of rotatable bonds is 13. The highest BCUT2D eigenvalue weighted by atomic mass is 35.5. The zero-order valence-electron chi connectivity index (χ0n) is 21.4. The molecule has 4 rings (SSSR count). The van der Waals surface area contributed by atoms with Gasteiger partial charge in [0.1, 0.15) is 11.5 Å². The molecule has 35 heavy (non-hydrogen) atoms. The van der Waals surface area contributed by atoms with Gasteiger partial charge < -0.3 is 23.8 Å². The summed E-state index contributed by atoms with van der Waals surface area (Å²) in [5.41, 5.74) is 1.40. The summed E-state index contributed by atoms with van der Waals surface area (Å²) in [6.07, 6.45) is 8.57. The molecule has 2 aromatic carbocycles. The van der Waals surface area contributed by atoms with Crippen LogP contribution in [0.4, 0.5) is 0 Å². The summed E-state index contributed by atoms with van der Waals surface area (Å²) in [6, 6.07) is 14.7. The van der Waals surface area contributed by atoms with E-state index in [0.717, 1.165) is 55.5 Å². The number of hydrogen-bond acceptors (Lipinski definition) is 5. The molecule has 6 heteroatoms. The minimum absolute atomic E-state index is 0. The Labute approximate surface area is 217 Å². The summed E-state index contributed by atoms with van der Waals surface area (Å²) < 4.78 is 23.2. The van der Waals surface area contributed by atoms with E-state index in [0.29, 0.717) is 18.4 Å². The number of fused-ring (bicyclic) bond motifs is 1. The lowest BCUT2D eigenvalue weighted by Gasteiger charge is -2.39. The van der Waals surface area contributed by atoms with Gasteiger partial charge >= 0.3 is 0 Å². The summed E-state index contributed by atoms with van der Waals surface area (Å²) in [5, 5.41) is 0. The Morgan fingerprint density at radius 1 is 0.857 bits per heavy atom. The average molecular weight is 504 g/mol. The molecule has 2 aliphatic heterocycles. The summed E-state index contributed by atoms with van der Waals surface area (Å²) in [4.78, 5) is 2.63. The molecule has 0 radical (unpaired) electrons. The molecule has 2 aliphatic rings. The van der Waals surface area contributed by atoms with Crippen molar-refractivity contribution in [2.45, 2.75) is 64.7 Å². The van der Waals surface area contributed by atoms with Gasteiger partial charge in [-0.1, -0.05) is 51.7 Å². The van der Waals surface area contributed by atoms with Gasteiger partial charge in [0.05, 0.1) is 13.2 Å². The van der Waals surface area contributed by atoms with Crippen molar-refractivity contribution < 1.29 is 18.9 Å². The zero-order chi connectivity index (χ0) is 23.6. The maximum absolute atomic E-state index is 6.31. The van der Waals surface area contributed by atoms with E-state index in [1.165, 1.54) is 44.2 Å². The lowest BCUT2D eigenvalue weighted by Crippen LogP contribution is -2.42. The SMILES string of the molecule is CCCCCOc1ccc([C@@H]2CCN(CCCCC)C[C@H]2COc2ccc3c(c2)OCO3)cc1.Cl. The molecule has 2 aromatic rings. The summed E-state index contributed by atoms with van der Waals surface area (Å²) >= 11 is 0. The fourth-order valence-electron chi connectivity index (χ4n) is 5.03. The third-order valence-electron chi connectivity index (χ3n) is 7.03. The Kier molecular flexibility index (Phi) is 11.3. The van der Waals surface area contributed by atoms with Crippen molar-refractivity contribution in [3.63, 3.8) is 0 Å². The Morgan fingerprint density at radius 3 is 2.40 bits per heavy atom. The molecule has 2 atom stereocenters. The molecule has 0 amide bonds. The maximum Gasteiger partial charge on any atom is 0.231 e. The van der Waals surface area contributed by atoms with E-state index in [1.807, 2.05) is 18.2 Å². The number of piperidine rings is 1. The van der Waals surface area contributed by atoms with Crippen LogP contribution >= 0.6 is 12.4 Å². The van der Waals surface area contributed by atoms with Gasteiger partial charge in [-0.05, 0) is 68.1 Å². The van der Waals surface area contributed by atoms with Crippen LogP contribution in [-0.2, 0) is 0 Å². The second-order valence-corrected chi connectivity index (χ2v) is 9.61. The van der Waals surface area contributed by atoms with Gasteiger partial charge in [0.2, 0.25) is 6.79 Å². The first kappa shape index (κ1) is 27.5. The summed E-state index contributed by atoms with van der Waals surface area (Å²) in [7, 11) is 0. The van der Waals surface area contributed by atoms with E-state index in [-0.39, 0.29) is 19.2 Å². The van der Waals surface area contributed by atoms with Crippen LogP contribution in [0.2, 0.25) is 0 Å². The standard InChI is InChI=1S/C29H41NO4.ClH/c1-3-5-7-16-30-17-15-27(23-9-11-25(12-10-23)31-18-8-6-4-2)24(20-30)21-32-26-13-14-28-29(19-26)34-22-33-28;/h9-14,19,24,27H,3-8,15-18,20-22H2,1-2H3;1H/t24-,27-;/m0./s1. The number of likely N-dealkylation sites (tertiary alicyclic amines) is 1. The Balaban J connectivity index is 0.00000342. The maximum atomic E-state index is 6.31. The van der Waals surface area contributed by atoms with Crippen molar-refractivity contribution in [1.82, 2.24) is 4.90 Å².